The van der Waals surface area contributed by atoms with Gasteiger partial charge in [-0.15, -0.1) is 0 Å². The van der Waals surface area contributed by atoms with Crippen LogP contribution < -0.4 is 10.6 Å². The van der Waals surface area contributed by atoms with E-state index >= 15 is 0 Å². The Morgan fingerprint density at radius 1 is 1.31 bits per heavy atom. The van der Waals surface area contributed by atoms with Gasteiger partial charge in [0.2, 0.25) is 0 Å². The second-order valence-corrected chi connectivity index (χ2v) is 8.38. The maximum atomic E-state index is 11.8. The van der Waals surface area contributed by atoms with E-state index in [1.165, 1.54) is 31.5 Å². The van der Waals surface area contributed by atoms with E-state index in [2.05, 4.69) is 57.8 Å². The van der Waals surface area contributed by atoms with Crippen molar-refractivity contribution in [2.24, 2.45) is 11.8 Å². The highest BCUT2D eigenvalue weighted by molar-refractivity contribution is 5.74. The molecule has 1 aromatic rings. The SMILES string of the molecule is CC(C)NC(=O)NC[C@H]1C[C@@H]2CCN1C[C@@H]2CN(C)Cc1ccccc1. The van der Waals surface area contributed by atoms with Crippen molar-refractivity contribution >= 4 is 6.03 Å². The summed E-state index contributed by atoms with van der Waals surface area (Å²) in [5.41, 5.74) is 1.38. The van der Waals surface area contributed by atoms with Gasteiger partial charge in [0.25, 0.3) is 0 Å². The lowest BCUT2D eigenvalue weighted by molar-refractivity contribution is -0.00902. The lowest BCUT2D eigenvalue weighted by Gasteiger charge is -2.50. The molecule has 4 rings (SSSR count). The summed E-state index contributed by atoms with van der Waals surface area (Å²) in [4.78, 5) is 16.9. The van der Waals surface area contributed by atoms with Crippen molar-refractivity contribution in [3.8, 4) is 0 Å². The number of carbonyl (C=O) groups excluding carboxylic acids is 1. The zero-order chi connectivity index (χ0) is 18.5. The predicted molar refractivity (Wildman–Crippen MR) is 106 cm³/mol. The van der Waals surface area contributed by atoms with Crippen LogP contribution in [0.25, 0.3) is 0 Å². The maximum Gasteiger partial charge on any atom is 0.315 e. The van der Waals surface area contributed by atoms with Crippen molar-refractivity contribution in [1.82, 2.24) is 20.4 Å². The highest BCUT2D eigenvalue weighted by Gasteiger charge is 2.40. The first kappa shape index (κ1) is 19.2. The molecule has 3 aliphatic heterocycles. The number of nitrogens with zero attached hydrogens (tertiary/aromatic N) is 2. The third-order valence-corrected chi connectivity index (χ3v) is 5.77. The van der Waals surface area contributed by atoms with E-state index in [0.717, 1.165) is 31.5 Å². The molecule has 2 bridgehead atoms. The number of urea groups is 1. The van der Waals surface area contributed by atoms with E-state index in [-0.39, 0.29) is 12.1 Å². The van der Waals surface area contributed by atoms with E-state index in [1.807, 2.05) is 13.8 Å². The molecule has 5 heteroatoms. The van der Waals surface area contributed by atoms with Gasteiger partial charge in [0.05, 0.1) is 0 Å². The smallest absolute Gasteiger partial charge is 0.315 e. The second kappa shape index (κ2) is 8.87. The van der Waals surface area contributed by atoms with Gasteiger partial charge in [-0.2, -0.15) is 0 Å². The van der Waals surface area contributed by atoms with Crippen LogP contribution in [0.3, 0.4) is 0 Å². The zero-order valence-corrected chi connectivity index (χ0v) is 16.4. The number of hydrogen-bond acceptors (Lipinski definition) is 3. The Hall–Kier alpha value is -1.59. The van der Waals surface area contributed by atoms with Gasteiger partial charge in [0.15, 0.2) is 0 Å². The number of rotatable bonds is 7. The van der Waals surface area contributed by atoms with Crippen LogP contribution in [0.4, 0.5) is 4.79 Å². The van der Waals surface area contributed by atoms with Gasteiger partial charge in [-0.3, -0.25) is 4.90 Å². The van der Waals surface area contributed by atoms with Crippen molar-refractivity contribution in [1.29, 1.82) is 0 Å². The number of fused-ring (bicyclic) bond motifs is 3. The van der Waals surface area contributed by atoms with Gasteiger partial charge in [-0.05, 0) is 57.7 Å². The average molecular weight is 359 g/mol. The van der Waals surface area contributed by atoms with Gasteiger partial charge in [-0.1, -0.05) is 30.3 Å². The number of piperidine rings is 3. The Morgan fingerprint density at radius 3 is 2.73 bits per heavy atom. The Labute approximate surface area is 158 Å². The molecule has 0 saturated carbocycles. The minimum Gasteiger partial charge on any atom is -0.337 e. The van der Waals surface area contributed by atoms with Gasteiger partial charge >= 0.3 is 6.03 Å². The average Bonchev–Trinajstić information content (AvgIpc) is 2.61. The third kappa shape index (κ3) is 5.21. The Bertz CT molecular complexity index is 577. The van der Waals surface area contributed by atoms with Crippen LogP contribution in [-0.2, 0) is 6.54 Å². The molecule has 0 spiro atoms. The van der Waals surface area contributed by atoms with Crippen molar-refractivity contribution in [3.05, 3.63) is 35.9 Å². The van der Waals surface area contributed by atoms with Crippen molar-refractivity contribution in [3.63, 3.8) is 0 Å². The Morgan fingerprint density at radius 2 is 2.08 bits per heavy atom. The normalized spacial score (nSPS) is 27.7. The summed E-state index contributed by atoms with van der Waals surface area (Å²) in [6.07, 6.45) is 2.52. The molecule has 3 saturated heterocycles. The summed E-state index contributed by atoms with van der Waals surface area (Å²) < 4.78 is 0. The van der Waals surface area contributed by atoms with Crippen LogP contribution in [-0.4, -0.2) is 61.1 Å². The van der Waals surface area contributed by atoms with E-state index in [0.29, 0.717) is 6.04 Å². The number of benzene rings is 1. The van der Waals surface area contributed by atoms with Crippen LogP contribution in [0.5, 0.6) is 0 Å². The van der Waals surface area contributed by atoms with E-state index in [1.54, 1.807) is 0 Å². The van der Waals surface area contributed by atoms with Gasteiger partial charge in [0, 0.05) is 38.3 Å². The molecule has 1 unspecified atom stereocenters. The van der Waals surface area contributed by atoms with Gasteiger partial charge in [0.1, 0.15) is 0 Å². The molecule has 0 aromatic heterocycles. The maximum absolute atomic E-state index is 11.8. The second-order valence-electron chi connectivity index (χ2n) is 8.38. The molecule has 144 valence electrons. The summed E-state index contributed by atoms with van der Waals surface area (Å²) >= 11 is 0. The Kier molecular flexibility index (Phi) is 6.54. The van der Waals surface area contributed by atoms with Crippen LogP contribution in [0.15, 0.2) is 30.3 Å². The lowest BCUT2D eigenvalue weighted by atomic mass is 9.75. The molecule has 2 N–H and O–H groups in total. The first-order valence-electron chi connectivity index (χ1n) is 10.0. The molecule has 1 aromatic carbocycles. The first-order valence-corrected chi connectivity index (χ1v) is 10.0. The fourth-order valence-corrected chi connectivity index (χ4v) is 4.55. The summed E-state index contributed by atoms with van der Waals surface area (Å²) in [6.45, 7) is 9.27. The van der Waals surface area contributed by atoms with Gasteiger partial charge in [-0.25, -0.2) is 4.79 Å². The molecule has 0 radical (unpaired) electrons. The molecule has 3 heterocycles. The summed E-state index contributed by atoms with van der Waals surface area (Å²) in [5, 5.41) is 5.96. The largest absolute Gasteiger partial charge is 0.337 e. The minimum absolute atomic E-state index is 0.0400. The highest BCUT2D eigenvalue weighted by Crippen LogP contribution is 2.36. The van der Waals surface area contributed by atoms with Crippen LogP contribution in [0, 0.1) is 11.8 Å². The summed E-state index contributed by atoms with van der Waals surface area (Å²) in [6, 6.07) is 11.4. The molecule has 0 aliphatic carbocycles. The number of carbonyl (C=O) groups is 1. The molecular formula is C21H34N4O. The Balaban J connectivity index is 1.45. The van der Waals surface area contributed by atoms with Crippen molar-refractivity contribution in [2.75, 3.05) is 33.2 Å². The van der Waals surface area contributed by atoms with Crippen LogP contribution >= 0.6 is 0 Å². The summed E-state index contributed by atoms with van der Waals surface area (Å²) in [5.74, 6) is 1.54. The zero-order valence-electron chi connectivity index (χ0n) is 16.4. The first-order chi connectivity index (χ1) is 12.5. The number of hydrogen-bond donors (Lipinski definition) is 2. The lowest BCUT2D eigenvalue weighted by Crippen LogP contribution is -2.58. The van der Waals surface area contributed by atoms with Crippen molar-refractivity contribution in [2.45, 2.75) is 45.3 Å². The fourth-order valence-electron chi connectivity index (χ4n) is 4.55. The molecule has 3 fully saturated rings. The topological polar surface area (TPSA) is 47.6 Å². The van der Waals surface area contributed by atoms with Crippen LogP contribution in [0.1, 0.15) is 32.3 Å². The monoisotopic (exact) mass is 358 g/mol. The minimum atomic E-state index is -0.0400. The number of nitrogens with one attached hydrogen (secondary N) is 2. The van der Waals surface area contributed by atoms with Crippen LogP contribution in [0.2, 0.25) is 0 Å². The van der Waals surface area contributed by atoms with E-state index in [9.17, 15) is 4.79 Å². The standard InChI is InChI=1S/C21H34N4O/c1-16(2)23-21(26)22-12-20-11-18-9-10-25(20)15-19(18)14-24(3)13-17-7-5-4-6-8-17/h4-8,16,18-20H,9-15H2,1-3H3,(H2,22,23,26)/t18-,19-,20+/m0/s1. The fraction of sp³-hybridized carbons (Fsp3) is 0.667. The van der Waals surface area contributed by atoms with E-state index < -0.39 is 0 Å². The molecule has 4 atom stereocenters. The molecule has 26 heavy (non-hydrogen) atoms. The third-order valence-electron chi connectivity index (χ3n) is 5.77. The van der Waals surface area contributed by atoms with Gasteiger partial charge < -0.3 is 15.5 Å². The van der Waals surface area contributed by atoms with Crippen molar-refractivity contribution < 1.29 is 4.79 Å². The molecule has 5 nitrogen and oxygen atoms in total. The molecule has 3 aliphatic rings. The quantitative estimate of drug-likeness (QED) is 0.787. The van der Waals surface area contributed by atoms with E-state index in [4.69, 9.17) is 0 Å². The molecule has 2 amide bonds. The predicted octanol–water partition coefficient (Wildman–Crippen LogP) is 2.54. The summed E-state index contributed by atoms with van der Waals surface area (Å²) in [7, 11) is 2.24. The highest BCUT2D eigenvalue weighted by atomic mass is 16.2. The molecular weight excluding hydrogens is 324 g/mol. The number of amides is 2.